The molecule has 3 aromatic carbocycles. The first-order valence-electron chi connectivity index (χ1n) is 12.2. The molecule has 0 spiro atoms. The number of benzene rings is 3. The second kappa shape index (κ2) is 12.3. The molecule has 1 aromatic heterocycles. The minimum Gasteiger partial charge on any atom is -0.478 e. The number of rotatable bonds is 11. The van der Waals surface area contributed by atoms with Gasteiger partial charge in [0.05, 0.1) is 46.8 Å². The van der Waals surface area contributed by atoms with Crippen LogP contribution in [0.1, 0.15) is 30.0 Å². The van der Waals surface area contributed by atoms with Gasteiger partial charge in [-0.2, -0.15) is 0 Å². The number of carbonyl (C=O) groups is 3. The minimum absolute atomic E-state index is 0.00382. The van der Waals surface area contributed by atoms with Crippen molar-refractivity contribution in [1.82, 2.24) is 0 Å². The van der Waals surface area contributed by atoms with Crippen LogP contribution in [0.5, 0.6) is 0 Å². The molecule has 41 heavy (non-hydrogen) atoms. The van der Waals surface area contributed by atoms with Crippen molar-refractivity contribution >= 4 is 61.9 Å². The molecule has 0 aliphatic carbocycles. The Hall–Kier alpha value is -5.30. The average molecular weight is 578 g/mol. The van der Waals surface area contributed by atoms with Crippen LogP contribution in [-0.4, -0.2) is 31.3 Å². The number of anilines is 6. The van der Waals surface area contributed by atoms with Gasteiger partial charge in [0.1, 0.15) is 10.7 Å². The van der Waals surface area contributed by atoms with E-state index in [9.17, 15) is 27.9 Å². The highest BCUT2D eigenvalue weighted by Gasteiger charge is 2.30. The summed E-state index contributed by atoms with van der Waals surface area (Å²) in [6, 6.07) is 19.0. The van der Waals surface area contributed by atoms with Crippen molar-refractivity contribution in [2.45, 2.75) is 25.3 Å². The predicted molar refractivity (Wildman–Crippen MR) is 155 cm³/mol. The molecule has 13 heteroatoms. The molecule has 6 N–H and O–H groups in total. The van der Waals surface area contributed by atoms with Crippen LogP contribution in [0, 0.1) is 0 Å². The molecule has 0 radical (unpaired) electrons. The molecule has 4 aromatic rings. The summed E-state index contributed by atoms with van der Waals surface area (Å²) >= 11 is 0. The summed E-state index contributed by atoms with van der Waals surface area (Å²) in [6.07, 6.45) is 1.45. The van der Waals surface area contributed by atoms with Crippen LogP contribution >= 0.6 is 0 Å². The molecule has 0 aliphatic heterocycles. The van der Waals surface area contributed by atoms with E-state index in [0.29, 0.717) is 11.4 Å². The molecule has 2 amide bonds. The van der Waals surface area contributed by atoms with E-state index in [1.54, 1.807) is 54.6 Å². The molecular weight excluding hydrogens is 550 g/mol. The molecule has 0 saturated heterocycles. The third-order valence-electron chi connectivity index (χ3n) is 5.66. The van der Waals surface area contributed by atoms with Gasteiger partial charge in [0, 0.05) is 19.5 Å². The number of sulfonamides is 1. The highest BCUT2D eigenvalue weighted by atomic mass is 32.2. The lowest BCUT2D eigenvalue weighted by Crippen LogP contribution is -2.21. The number of nitrogens with one attached hydrogen (secondary N) is 5. The molecule has 0 bridgehead atoms. The van der Waals surface area contributed by atoms with Gasteiger partial charge in [0.2, 0.25) is 11.8 Å². The van der Waals surface area contributed by atoms with Crippen LogP contribution in [0.25, 0.3) is 0 Å². The monoisotopic (exact) mass is 577 g/mol. The number of hydrogen-bond donors (Lipinski definition) is 6. The van der Waals surface area contributed by atoms with Crippen LogP contribution in [0.3, 0.4) is 0 Å². The van der Waals surface area contributed by atoms with Gasteiger partial charge in [-0.25, -0.2) is 13.2 Å². The number of amides is 2. The van der Waals surface area contributed by atoms with Crippen molar-refractivity contribution in [3.05, 3.63) is 90.4 Å². The van der Waals surface area contributed by atoms with Gasteiger partial charge in [-0.05, 0) is 42.5 Å². The largest absolute Gasteiger partial charge is 0.478 e. The number of carboxylic acids is 1. The average Bonchev–Trinajstić information content (AvgIpc) is 3.43. The number of carboxylic acid groups (broad SMARTS) is 1. The quantitative estimate of drug-likeness (QED) is 0.142. The van der Waals surface area contributed by atoms with Crippen LogP contribution in [0.4, 0.5) is 34.1 Å². The van der Waals surface area contributed by atoms with E-state index in [2.05, 4.69) is 26.0 Å². The SMILES string of the molecule is CC(=O)Nc1ccccc1NS(=O)(=O)c1cc(C(=O)O)c(Nc2ccccc2)c(NCc2ccco2)c1NC(C)=O. The second-order valence-electron chi connectivity index (χ2n) is 8.79. The van der Waals surface area contributed by atoms with Gasteiger partial charge in [-0.3, -0.25) is 14.3 Å². The van der Waals surface area contributed by atoms with E-state index in [1.807, 2.05) is 0 Å². The van der Waals surface area contributed by atoms with Crippen molar-refractivity contribution in [2.24, 2.45) is 0 Å². The molecule has 0 aliphatic rings. The first kappa shape index (κ1) is 28.7. The van der Waals surface area contributed by atoms with E-state index in [-0.39, 0.29) is 40.5 Å². The first-order chi connectivity index (χ1) is 19.5. The standard InChI is InChI=1S/C28H27N5O7S/c1-17(34)30-22-12-6-7-13-23(22)33-41(38,39)24-15-21(28(36)37)25(32-19-9-4-3-5-10-19)27(26(24)31-18(2)35)29-16-20-11-8-14-40-20/h3-15,29,32-33H,16H2,1-2H3,(H,30,34)(H,31,35)(H,36,37). The Kier molecular flexibility index (Phi) is 8.58. The van der Waals surface area contributed by atoms with E-state index in [4.69, 9.17) is 4.42 Å². The fourth-order valence-electron chi connectivity index (χ4n) is 3.97. The second-order valence-corrected chi connectivity index (χ2v) is 10.4. The number of carbonyl (C=O) groups excluding carboxylic acids is 2. The predicted octanol–water partition coefficient (Wildman–Crippen LogP) is 5.05. The van der Waals surface area contributed by atoms with E-state index in [0.717, 1.165) is 6.07 Å². The summed E-state index contributed by atoms with van der Waals surface area (Å²) in [7, 11) is -4.56. The molecular formula is C28H27N5O7S. The van der Waals surface area contributed by atoms with Gasteiger partial charge < -0.3 is 30.8 Å². The summed E-state index contributed by atoms with van der Waals surface area (Å²) in [6.45, 7) is 2.50. The molecule has 0 unspecified atom stereocenters. The number of aromatic carboxylic acids is 1. The van der Waals surface area contributed by atoms with Gasteiger partial charge in [-0.15, -0.1) is 0 Å². The maximum atomic E-state index is 13.8. The molecule has 0 atom stereocenters. The first-order valence-corrected chi connectivity index (χ1v) is 13.7. The summed E-state index contributed by atoms with van der Waals surface area (Å²) in [5.41, 5.74) is 0.152. The topological polar surface area (TPSA) is 179 Å². The lowest BCUT2D eigenvalue weighted by atomic mass is 10.1. The van der Waals surface area contributed by atoms with E-state index >= 15 is 0 Å². The number of furan rings is 1. The summed E-state index contributed by atoms with van der Waals surface area (Å²) in [5.74, 6) is -1.98. The summed E-state index contributed by atoms with van der Waals surface area (Å²) in [4.78, 5) is 36.0. The highest BCUT2D eigenvalue weighted by molar-refractivity contribution is 7.93. The zero-order valence-corrected chi connectivity index (χ0v) is 22.8. The van der Waals surface area contributed by atoms with Crippen LogP contribution in [0.15, 0.2) is 88.4 Å². The molecule has 1 heterocycles. The Balaban J connectivity index is 1.94. The molecule has 12 nitrogen and oxygen atoms in total. The van der Waals surface area contributed by atoms with Crippen molar-refractivity contribution in [1.29, 1.82) is 0 Å². The van der Waals surface area contributed by atoms with Crippen molar-refractivity contribution < 1.29 is 32.3 Å². The highest BCUT2D eigenvalue weighted by Crippen LogP contribution is 2.42. The fraction of sp³-hybridized carbons (Fsp3) is 0.107. The Labute approximate surface area is 235 Å². The maximum Gasteiger partial charge on any atom is 0.337 e. The van der Waals surface area contributed by atoms with Crippen LogP contribution < -0.4 is 26.0 Å². The van der Waals surface area contributed by atoms with Gasteiger partial charge in [-0.1, -0.05) is 30.3 Å². The molecule has 4 rings (SSSR count). The summed E-state index contributed by atoms with van der Waals surface area (Å²) in [5, 5.41) is 21.3. The normalized spacial score (nSPS) is 10.9. The zero-order valence-electron chi connectivity index (χ0n) is 22.0. The minimum atomic E-state index is -4.56. The lowest BCUT2D eigenvalue weighted by molar-refractivity contribution is -0.115. The lowest BCUT2D eigenvalue weighted by Gasteiger charge is -2.23. The molecule has 0 saturated carbocycles. The fourth-order valence-corrected chi connectivity index (χ4v) is 5.24. The van der Waals surface area contributed by atoms with Crippen LogP contribution in [0.2, 0.25) is 0 Å². The Morgan fingerprint density at radius 3 is 2.07 bits per heavy atom. The maximum absolute atomic E-state index is 13.8. The Bertz CT molecular complexity index is 1690. The summed E-state index contributed by atoms with van der Waals surface area (Å²) < 4.78 is 35.5. The molecule has 0 fully saturated rings. The van der Waals surface area contributed by atoms with Gasteiger partial charge in [0.25, 0.3) is 10.0 Å². The van der Waals surface area contributed by atoms with Crippen molar-refractivity contribution in [3.8, 4) is 0 Å². The zero-order chi connectivity index (χ0) is 29.6. The van der Waals surface area contributed by atoms with Crippen molar-refractivity contribution in [3.63, 3.8) is 0 Å². The third kappa shape index (κ3) is 7.02. The van der Waals surface area contributed by atoms with Crippen LogP contribution in [-0.2, 0) is 26.2 Å². The van der Waals surface area contributed by atoms with E-state index in [1.165, 1.54) is 32.2 Å². The smallest absolute Gasteiger partial charge is 0.337 e. The number of para-hydroxylation sites is 3. The number of hydrogen-bond acceptors (Lipinski definition) is 8. The van der Waals surface area contributed by atoms with Gasteiger partial charge >= 0.3 is 5.97 Å². The Morgan fingerprint density at radius 1 is 0.805 bits per heavy atom. The molecule has 212 valence electrons. The third-order valence-corrected chi connectivity index (χ3v) is 7.05. The van der Waals surface area contributed by atoms with Gasteiger partial charge in [0.15, 0.2) is 0 Å². The van der Waals surface area contributed by atoms with E-state index < -0.39 is 32.7 Å². The van der Waals surface area contributed by atoms with Crippen molar-refractivity contribution in [2.75, 3.05) is 26.0 Å². The Morgan fingerprint density at radius 2 is 1.46 bits per heavy atom.